The van der Waals surface area contributed by atoms with Gasteiger partial charge in [-0.2, -0.15) is 5.53 Å². The van der Waals surface area contributed by atoms with Gasteiger partial charge in [-0.1, -0.05) is 18.7 Å². The van der Waals surface area contributed by atoms with Gasteiger partial charge in [0.25, 0.3) is 0 Å². The quantitative estimate of drug-likeness (QED) is 0.582. The third-order valence-electron chi connectivity index (χ3n) is 1.55. The van der Waals surface area contributed by atoms with Crippen LogP contribution < -0.4 is 16.4 Å². The van der Waals surface area contributed by atoms with E-state index in [1.807, 2.05) is 13.8 Å². The summed E-state index contributed by atoms with van der Waals surface area (Å²) >= 11 is 1.42. The number of ether oxygens (including phenoxy) is 1. The van der Waals surface area contributed by atoms with Gasteiger partial charge in [-0.15, -0.1) is 0 Å². The molecule has 0 radical (unpaired) electrons. The SMILES string of the molecule is CCCOC(=O)C(C)SC1=CNNN1. The minimum Gasteiger partial charge on any atom is -0.465 e. The molecule has 1 atom stereocenters. The predicted octanol–water partition coefficient (Wildman–Crippen LogP) is 0.473. The lowest BCUT2D eigenvalue weighted by Gasteiger charge is -2.10. The molecule has 1 rings (SSSR count). The average Bonchev–Trinajstić information content (AvgIpc) is 2.66. The Labute approximate surface area is 87.6 Å². The molecule has 5 nitrogen and oxygen atoms in total. The summed E-state index contributed by atoms with van der Waals surface area (Å²) in [5.74, 6) is -0.175. The number of carbonyl (C=O) groups is 1. The molecule has 6 heteroatoms. The van der Waals surface area contributed by atoms with E-state index in [2.05, 4.69) is 16.4 Å². The summed E-state index contributed by atoms with van der Waals surface area (Å²) in [5, 5.41) is 0.688. The number of carbonyl (C=O) groups excluding carboxylic acids is 1. The van der Waals surface area contributed by atoms with Crippen LogP contribution in [0, 0.1) is 0 Å². The number of hydrogen-bond donors (Lipinski definition) is 3. The Morgan fingerprint density at radius 2 is 2.50 bits per heavy atom. The fourth-order valence-corrected chi connectivity index (χ4v) is 1.64. The largest absolute Gasteiger partial charge is 0.465 e. The average molecular weight is 217 g/mol. The summed E-state index contributed by atoms with van der Waals surface area (Å²) in [6.45, 7) is 4.29. The van der Waals surface area contributed by atoms with Gasteiger partial charge in [0.1, 0.15) is 10.3 Å². The summed E-state index contributed by atoms with van der Waals surface area (Å²) in [6.07, 6.45) is 2.61. The molecule has 1 unspecified atom stereocenters. The number of rotatable bonds is 5. The Morgan fingerprint density at radius 3 is 3.07 bits per heavy atom. The van der Waals surface area contributed by atoms with E-state index >= 15 is 0 Å². The molecule has 14 heavy (non-hydrogen) atoms. The predicted molar refractivity (Wildman–Crippen MR) is 55.8 cm³/mol. The van der Waals surface area contributed by atoms with Gasteiger partial charge in [0, 0.05) is 6.20 Å². The molecule has 0 bridgehead atoms. The van der Waals surface area contributed by atoms with E-state index in [-0.39, 0.29) is 11.2 Å². The molecular weight excluding hydrogens is 202 g/mol. The third-order valence-corrected chi connectivity index (χ3v) is 2.57. The van der Waals surface area contributed by atoms with E-state index in [1.165, 1.54) is 11.8 Å². The molecule has 0 aromatic heterocycles. The molecule has 0 aliphatic carbocycles. The normalized spacial score (nSPS) is 16.6. The van der Waals surface area contributed by atoms with Gasteiger partial charge in [0.15, 0.2) is 0 Å². The van der Waals surface area contributed by atoms with Crippen molar-refractivity contribution in [2.45, 2.75) is 25.5 Å². The summed E-state index contributed by atoms with van der Waals surface area (Å²) in [7, 11) is 0. The topological polar surface area (TPSA) is 62.4 Å². The van der Waals surface area contributed by atoms with Gasteiger partial charge in [-0.05, 0) is 13.3 Å². The number of nitrogens with one attached hydrogen (secondary N) is 3. The van der Waals surface area contributed by atoms with E-state index in [0.29, 0.717) is 6.61 Å². The highest BCUT2D eigenvalue weighted by atomic mass is 32.2. The Kier molecular flexibility index (Phi) is 4.61. The van der Waals surface area contributed by atoms with E-state index in [0.717, 1.165) is 11.4 Å². The fourth-order valence-electron chi connectivity index (χ4n) is 0.857. The van der Waals surface area contributed by atoms with Crippen molar-refractivity contribution < 1.29 is 9.53 Å². The molecule has 1 aliphatic heterocycles. The monoisotopic (exact) mass is 217 g/mol. The Bertz CT molecular complexity index is 233. The van der Waals surface area contributed by atoms with Crippen LogP contribution in [-0.2, 0) is 9.53 Å². The van der Waals surface area contributed by atoms with E-state index < -0.39 is 0 Å². The summed E-state index contributed by atoms with van der Waals surface area (Å²) in [6, 6.07) is 0. The lowest BCUT2D eigenvalue weighted by atomic mass is 10.5. The number of hydrazine groups is 2. The minimum atomic E-state index is -0.193. The van der Waals surface area contributed by atoms with Crippen molar-refractivity contribution in [3.63, 3.8) is 0 Å². The number of esters is 1. The molecular formula is C8H15N3O2S. The van der Waals surface area contributed by atoms with Crippen LogP contribution in [-0.4, -0.2) is 17.8 Å². The highest BCUT2D eigenvalue weighted by Gasteiger charge is 2.17. The van der Waals surface area contributed by atoms with Crippen molar-refractivity contribution in [2.75, 3.05) is 6.61 Å². The van der Waals surface area contributed by atoms with Gasteiger partial charge >= 0.3 is 5.97 Å². The highest BCUT2D eigenvalue weighted by Crippen LogP contribution is 2.20. The van der Waals surface area contributed by atoms with E-state index in [1.54, 1.807) is 6.20 Å². The van der Waals surface area contributed by atoms with E-state index in [9.17, 15) is 4.79 Å². The molecule has 0 fully saturated rings. The standard InChI is InChI=1S/C8H15N3O2S/c1-3-4-13-8(12)6(2)14-7-5-9-11-10-7/h5-6,9-11H,3-4H2,1-2H3. The van der Waals surface area contributed by atoms with Crippen LogP contribution in [0.3, 0.4) is 0 Å². The molecule has 0 spiro atoms. The van der Waals surface area contributed by atoms with Gasteiger partial charge in [0.05, 0.1) is 6.61 Å². The number of hydrogen-bond acceptors (Lipinski definition) is 6. The van der Waals surface area contributed by atoms with Crippen molar-refractivity contribution in [1.82, 2.24) is 16.4 Å². The molecule has 0 aromatic carbocycles. The van der Waals surface area contributed by atoms with Gasteiger partial charge in [-0.25, -0.2) is 0 Å². The van der Waals surface area contributed by atoms with Crippen LogP contribution >= 0.6 is 11.8 Å². The second-order valence-corrected chi connectivity index (χ2v) is 4.21. The molecule has 0 saturated carbocycles. The van der Waals surface area contributed by atoms with Gasteiger partial charge < -0.3 is 10.2 Å². The van der Waals surface area contributed by atoms with Crippen LogP contribution in [0.5, 0.6) is 0 Å². The Morgan fingerprint density at radius 1 is 1.71 bits per heavy atom. The molecule has 0 saturated heterocycles. The number of thioether (sulfide) groups is 1. The zero-order chi connectivity index (χ0) is 10.4. The van der Waals surface area contributed by atoms with Crippen molar-refractivity contribution in [1.29, 1.82) is 0 Å². The van der Waals surface area contributed by atoms with Crippen molar-refractivity contribution in [3.8, 4) is 0 Å². The zero-order valence-electron chi connectivity index (χ0n) is 8.29. The molecule has 1 aliphatic rings. The van der Waals surface area contributed by atoms with Gasteiger partial charge in [0.2, 0.25) is 0 Å². The first-order chi connectivity index (χ1) is 6.74. The van der Waals surface area contributed by atoms with Gasteiger partial charge in [-0.3, -0.25) is 10.2 Å². The molecule has 0 amide bonds. The second-order valence-electron chi connectivity index (χ2n) is 2.83. The smallest absolute Gasteiger partial charge is 0.319 e. The zero-order valence-corrected chi connectivity index (χ0v) is 9.11. The summed E-state index contributed by atoms with van der Waals surface area (Å²) in [4.78, 5) is 11.4. The Balaban J connectivity index is 2.25. The highest BCUT2D eigenvalue weighted by molar-refractivity contribution is 8.04. The maximum absolute atomic E-state index is 11.4. The van der Waals surface area contributed by atoms with Crippen LogP contribution in [0.4, 0.5) is 0 Å². The van der Waals surface area contributed by atoms with Crippen molar-refractivity contribution >= 4 is 17.7 Å². The first-order valence-corrected chi connectivity index (χ1v) is 5.42. The maximum Gasteiger partial charge on any atom is 0.319 e. The van der Waals surface area contributed by atoms with E-state index in [4.69, 9.17) is 4.74 Å². The fraction of sp³-hybridized carbons (Fsp3) is 0.625. The molecule has 80 valence electrons. The third kappa shape index (κ3) is 3.47. The summed E-state index contributed by atoms with van der Waals surface area (Å²) in [5.41, 5.74) is 8.31. The van der Waals surface area contributed by atoms with Crippen LogP contribution in [0.25, 0.3) is 0 Å². The van der Waals surface area contributed by atoms with Crippen molar-refractivity contribution in [2.24, 2.45) is 0 Å². The van der Waals surface area contributed by atoms with Crippen LogP contribution in [0.15, 0.2) is 11.2 Å². The first kappa shape index (κ1) is 11.2. The maximum atomic E-state index is 11.4. The second kappa shape index (κ2) is 5.77. The summed E-state index contributed by atoms with van der Waals surface area (Å²) < 4.78 is 5.01. The first-order valence-electron chi connectivity index (χ1n) is 4.54. The molecule has 3 N–H and O–H groups in total. The molecule has 1 heterocycles. The van der Waals surface area contributed by atoms with Crippen molar-refractivity contribution in [3.05, 3.63) is 11.2 Å². The lowest BCUT2D eigenvalue weighted by molar-refractivity contribution is -0.142. The minimum absolute atomic E-state index is 0.175. The Hall–Kier alpha value is -0.880. The lowest BCUT2D eigenvalue weighted by Crippen LogP contribution is -2.31. The van der Waals surface area contributed by atoms with Crippen LogP contribution in [0.2, 0.25) is 0 Å². The van der Waals surface area contributed by atoms with Crippen LogP contribution in [0.1, 0.15) is 20.3 Å². The molecule has 0 aromatic rings.